The molecule has 0 radical (unpaired) electrons. The maximum atomic E-state index is 4.86. The van der Waals surface area contributed by atoms with Crippen molar-refractivity contribution in [2.24, 2.45) is 4.99 Å². The third-order valence-corrected chi connectivity index (χ3v) is 1.53. The van der Waals surface area contributed by atoms with E-state index in [1.807, 2.05) is 0 Å². The summed E-state index contributed by atoms with van der Waals surface area (Å²) >= 11 is 0. The highest BCUT2D eigenvalue weighted by Crippen LogP contribution is 2.09. The number of aliphatic imine (C=N–C) groups is 1. The number of rotatable bonds is 6. The van der Waals surface area contributed by atoms with Crippen LogP contribution in [0.1, 0.15) is 0 Å². The van der Waals surface area contributed by atoms with Gasteiger partial charge >= 0.3 is 0 Å². The standard InChI is InChI=1S/C12H15NO/c1-10(6-7-12(3)14-5)11(2)8-9-13-4/h6-9H,1-4H2,5H3/b7-6-,9-8-. The Bertz CT molecular complexity index is 308. The van der Waals surface area contributed by atoms with Crippen LogP contribution >= 0.6 is 0 Å². The van der Waals surface area contributed by atoms with E-state index in [1.165, 1.54) is 0 Å². The van der Waals surface area contributed by atoms with Gasteiger partial charge in [-0.15, -0.1) is 0 Å². The number of methoxy groups -OCH3 is 1. The molecule has 2 nitrogen and oxygen atoms in total. The number of hydrogen-bond acceptors (Lipinski definition) is 2. The van der Waals surface area contributed by atoms with Crippen LogP contribution < -0.4 is 0 Å². The summed E-state index contributed by atoms with van der Waals surface area (Å²) in [7, 11) is 1.56. The maximum Gasteiger partial charge on any atom is 0.111 e. The van der Waals surface area contributed by atoms with E-state index >= 15 is 0 Å². The van der Waals surface area contributed by atoms with E-state index in [0.717, 1.165) is 11.1 Å². The summed E-state index contributed by atoms with van der Waals surface area (Å²) in [6.07, 6.45) is 6.80. The van der Waals surface area contributed by atoms with E-state index in [0.29, 0.717) is 5.76 Å². The summed E-state index contributed by atoms with van der Waals surface area (Å²) < 4.78 is 4.86. The molecule has 0 aliphatic carbocycles. The average Bonchev–Trinajstić information content (AvgIpc) is 2.21. The van der Waals surface area contributed by atoms with Gasteiger partial charge < -0.3 is 4.74 Å². The second-order valence-corrected chi connectivity index (χ2v) is 2.55. The Hall–Kier alpha value is -1.83. The Morgan fingerprint density at radius 3 is 2.14 bits per heavy atom. The van der Waals surface area contributed by atoms with Gasteiger partial charge in [-0.2, -0.15) is 0 Å². The van der Waals surface area contributed by atoms with Crippen LogP contribution in [0.25, 0.3) is 0 Å². The van der Waals surface area contributed by atoms with Crippen molar-refractivity contribution < 1.29 is 4.74 Å². The first kappa shape index (κ1) is 12.2. The number of allylic oxidation sites excluding steroid dienone is 5. The minimum Gasteiger partial charge on any atom is -0.497 e. The molecule has 0 amide bonds. The van der Waals surface area contributed by atoms with Crippen molar-refractivity contribution in [1.82, 2.24) is 0 Å². The normalized spacial score (nSPS) is 10.4. The van der Waals surface area contributed by atoms with Crippen LogP contribution in [0.3, 0.4) is 0 Å². The first-order valence-electron chi connectivity index (χ1n) is 4.03. The third-order valence-electron chi connectivity index (χ3n) is 1.53. The van der Waals surface area contributed by atoms with E-state index < -0.39 is 0 Å². The van der Waals surface area contributed by atoms with E-state index in [1.54, 1.807) is 31.5 Å². The Labute approximate surface area is 85.3 Å². The first-order valence-corrected chi connectivity index (χ1v) is 4.03. The maximum absolute atomic E-state index is 4.86. The van der Waals surface area contributed by atoms with Gasteiger partial charge in [-0.25, -0.2) is 0 Å². The quantitative estimate of drug-likeness (QED) is 0.357. The van der Waals surface area contributed by atoms with Crippen molar-refractivity contribution in [3.63, 3.8) is 0 Å². The second kappa shape index (κ2) is 6.66. The van der Waals surface area contributed by atoms with Gasteiger partial charge in [0, 0.05) is 6.20 Å². The van der Waals surface area contributed by atoms with E-state index in [9.17, 15) is 0 Å². The molecule has 0 N–H and O–H groups in total. The van der Waals surface area contributed by atoms with Crippen LogP contribution in [0.2, 0.25) is 0 Å². The molecular weight excluding hydrogens is 174 g/mol. The number of nitrogens with zero attached hydrogens (tertiary/aromatic N) is 1. The van der Waals surface area contributed by atoms with Gasteiger partial charge in [0.15, 0.2) is 0 Å². The second-order valence-electron chi connectivity index (χ2n) is 2.55. The predicted octanol–water partition coefficient (Wildman–Crippen LogP) is 3.03. The van der Waals surface area contributed by atoms with E-state index in [2.05, 4.69) is 31.4 Å². The van der Waals surface area contributed by atoms with Crippen LogP contribution in [0.15, 0.2) is 66.1 Å². The molecular formula is C12H15NO. The molecule has 0 aliphatic rings. The number of hydrogen-bond donors (Lipinski definition) is 0. The molecule has 0 aromatic heterocycles. The van der Waals surface area contributed by atoms with Crippen LogP contribution in [-0.2, 0) is 4.74 Å². The minimum absolute atomic E-state index is 0.574. The molecule has 2 heteroatoms. The lowest BCUT2D eigenvalue weighted by Crippen LogP contribution is -1.81. The number of ether oxygens (including phenoxy) is 1. The molecule has 0 bridgehead atoms. The predicted molar refractivity (Wildman–Crippen MR) is 62.3 cm³/mol. The molecule has 0 aromatic rings. The van der Waals surface area contributed by atoms with Crippen molar-refractivity contribution >= 4 is 6.72 Å². The summed E-state index contributed by atoms with van der Waals surface area (Å²) in [5.41, 5.74) is 1.56. The lowest BCUT2D eigenvalue weighted by molar-refractivity contribution is 0.309. The first-order chi connectivity index (χ1) is 6.61. The van der Waals surface area contributed by atoms with Crippen molar-refractivity contribution in [3.8, 4) is 0 Å². The molecule has 0 aromatic carbocycles. The molecule has 74 valence electrons. The zero-order valence-corrected chi connectivity index (χ0v) is 8.49. The molecule has 0 saturated carbocycles. The zero-order chi connectivity index (χ0) is 11.0. The topological polar surface area (TPSA) is 21.6 Å². The van der Waals surface area contributed by atoms with Gasteiger partial charge in [0.25, 0.3) is 0 Å². The molecule has 0 atom stereocenters. The van der Waals surface area contributed by atoms with Crippen LogP contribution in [0, 0.1) is 0 Å². The van der Waals surface area contributed by atoms with Crippen molar-refractivity contribution in [2.75, 3.05) is 7.11 Å². The molecule has 0 aliphatic heterocycles. The molecule has 14 heavy (non-hydrogen) atoms. The zero-order valence-electron chi connectivity index (χ0n) is 8.49. The monoisotopic (exact) mass is 189 g/mol. The summed E-state index contributed by atoms with van der Waals surface area (Å²) in [6, 6.07) is 0. The Balaban J connectivity index is 4.28. The van der Waals surface area contributed by atoms with E-state index in [4.69, 9.17) is 4.74 Å². The Kier molecular flexibility index (Phi) is 5.79. The van der Waals surface area contributed by atoms with Gasteiger partial charge in [-0.1, -0.05) is 25.8 Å². The van der Waals surface area contributed by atoms with E-state index in [-0.39, 0.29) is 0 Å². The highest BCUT2D eigenvalue weighted by Gasteiger charge is 1.91. The summed E-state index contributed by atoms with van der Waals surface area (Å²) in [4.78, 5) is 3.57. The Morgan fingerprint density at radius 2 is 1.64 bits per heavy atom. The molecule has 0 rings (SSSR count). The minimum atomic E-state index is 0.574. The van der Waals surface area contributed by atoms with Crippen molar-refractivity contribution in [1.29, 1.82) is 0 Å². The van der Waals surface area contributed by atoms with Crippen molar-refractivity contribution in [3.05, 3.63) is 61.1 Å². The van der Waals surface area contributed by atoms with Crippen molar-refractivity contribution in [2.45, 2.75) is 0 Å². The van der Waals surface area contributed by atoms with Gasteiger partial charge in [-0.05, 0) is 30.0 Å². The van der Waals surface area contributed by atoms with Gasteiger partial charge in [0.1, 0.15) is 5.76 Å². The van der Waals surface area contributed by atoms with Crippen LogP contribution in [0.5, 0.6) is 0 Å². The van der Waals surface area contributed by atoms with Gasteiger partial charge in [-0.3, -0.25) is 4.99 Å². The highest BCUT2D eigenvalue weighted by atomic mass is 16.5. The SMILES string of the molecule is C=N/C=C\C(=C)C(=C)/C=C\C(=C)OC. The smallest absolute Gasteiger partial charge is 0.111 e. The summed E-state index contributed by atoms with van der Waals surface area (Å²) in [5, 5.41) is 0. The lowest BCUT2D eigenvalue weighted by atomic mass is 10.1. The van der Waals surface area contributed by atoms with Gasteiger partial charge in [0.2, 0.25) is 0 Å². The molecule has 0 spiro atoms. The average molecular weight is 189 g/mol. The molecule has 0 fully saturated rings. The largest absolute Gasteiger partial charge is 0.497 e. The fourth-order valence-electron chi connectivity index (χ4n) is 0.618. The summed E-state index contributed by atoms with van der Waals surface area (Å²) in [5.74, 6) is 0.574. The summed E-state index contributed by atoms with van der Waals surface area (Å²) in [6.45, 7) is 14.6. The lowest BCUT2D eigenvalue weighted by Gasteiger charge is -1.99. The third kappa shape index (κ3) is 4.93. The fraction of sp³-hybridized carbons (Fsp3) is 0.0833. The molecule has 0 saturated heterocycles. The van der Waals surface area contributed by atoms with Crippen LogP contribution in [0.4, 0.5) is 0 Å². The Morgan fingerprint density at radius 1 is 1.07 bits per heavy atom. The van der Waals surface area contributed by atoms with Crippen LogP contribution in [-0.4, -0.2) is 13.8 Å². The fourth-order valence-corrected chi connectivity index (χ4v) is 0.618. The van der Waals surface area contributed by atoms with Gasteiger partial charge in [0.05, 0.1) is 7.11 Å². The molecule has 0 heterocycles. The molecule has 0 unspecified atom stereocenters. The highest BCUT2D eigenvalue weighted by molar-refractivity contribution is 5.44.